The molecule has 0 amide bonds. The summed E-state index contributed by atoms with van der Waals surface area (Å²) in [6, 6.07) is 1.32. The van der Waals surface area contributed by atoms with Crippen LogP contribution in [0.2, 0.25) is 0 Å². The van der Waals surface area contributed by atoms with Crippen LogP contribution in [0.5, 0.6) is 0 Å². The Hall–Kier alpha value is -0.520. The van der Waals surface area contributed by atoms with E-state index < -0.39 is 0 Å². The highest BCUT2D eigenvalue weighted by atomic mass is 15.1. The lowest BCUT2D eigenvalue weighted by atomic mass is 9.76. The van der Waals surface area contributed by atoms with E-state index in [0.717, 1.165) is 13.0 Å². The molecule has 0 radical (unpaired) electrons. The van der Waals surface area contributed by atoms with E-state index >= 15 is 0 Å². The maximum atomic E-state index is 5.47. The molecule has 0 aromatic heterocycles. The van der Waals surface area contributed by atoms with Gasteiger partial charge in [-0.3, -0.25) is 0 Å². The van der Waals surface area contributed by atoms with Gasteiger partial charge >= 0.3 is 0 Å². The topological polar surface area (TPSA) is 24.1 Å². The molecule has 0 bridgehead atoms. The second-order valence-electron chi connectivity index (χ2n) is 7.35. The Balaban J connectivity index is 2.82. The molecule has 0 aromatic rings. The van der Waals surface area contributed by atoms with Crippen LogP contribution < -0.4 is 10.6 Å². The molecule has 3 unspecified atom stereocenters. The smallest absolute Gasteiger partial charge is 0.0336 e. The SMILES string of the molecule is C#CCC1NCC(C(C)(C)C)NC1C(C)(C)C. The lowest BCUT2D eigenvalue weighted by Gasteiger charge is -2.48. The summed E-state index contributed by atoms with van der Waals surface area (Å²) in [4.78, 5) is 0. The molecular formula is C15H28N2. The lowest BCUT2D eigenvalue weighted by Crippen LogP contribution is -2.67. The Morgan fingerprint density at radius 3 is 2.12 bits per heavy atom. The zero-order chi connectivity index (χ0) is 13.3. The molecule has 1 saturated heterocycles. The first kappa shape index (κ1) is 14.5. The van der Waals surface area contributed by atoms with Crippen molar-refractivity contribution >= 4 is 0 Å². The van der Waals surface area contributed by atoms with Gasteiger partial charge in [-0.25, -0.2) is 0 Å². The molecule has 1 heterocycles. The van der Waals surface area contributed by atoms with E-state index in [9.17, 15) is 0 Å². The van der Waals surface area contributed by atoms with Gasteiger partial charge in [0, 0.05) is 31.1 Å². The molecule has 3 atom stereocenters. The standard InChI is InChI=1S/C15H28N2/c1-8-9-11-13(15(5,6)7)17-12(10-16-11)14(2,3)4/h1,11-13,16-17H,9-10H2,2-7H3. The highest BCUT2D eigenvalue weighted by molar-refractivity contribution is 5.04. The Morgan fingerprint density at radius 2 is 1.71 bits per heavy atom. The summed E-state index contributed by atoms with van der Waals surface area (Å²) in [6.45, 7) is 14.7. The summed E-state index contributed by atoms with van der Waals surface area (Å²) in [6.07, 6.45) is 6.26. The minimum Gasteiger partial charge on any atom is -0.310 e. The van der Waals surface area contributed by atoms with Crippen LogP contribution in [0.15, 0.2) is 0 Å². The minimum absolute atomic E-state index is 0.221. The fourth-order valence-corrected chi connectivity index (χ4v) is 2.51. The summed E-state index contributed by atoms with van der Waals surface area (Å²) in [5.74, 6) is 2.79. The van der Waals surface area contributed by atoms with E-state index in [2.05, 4.69) is 58.1 Å². The van der Waals surface area contributed by atoms with Gasteiger partial charge in [0.1, 0.15) is 0 Å². The van der Waals surface area contributed by atoms with E-state index in [-0.39, 0.29) is 10.8 Å². The van der Waals surface area contributed by atoms with Crippen LogP contribution in [0, 0.1) is 23.2 Å². The monoisotopic (exact) mass is 236 g/mol. The quantitative estimate of drug-likeness (QED) is 0.683. The predicted molar refractivity (Wildman–Crippen MR) is 74.9 cm³/mol. The van der Waals surface area contributed by atoms with E-state index in [0.29, 0.717) is 18.1 Å². The number of piperazine rings is 1. The Kier molecular flexibility index (Phi) is 4.28. The lowest BCUT2D eigenvalue weighted by molar-refractivity contribution is 0.111. The van der Waals surface area contributed by atoms with Crippen molar-refractivity contribution in [3.05, 3.63) is 0 Å². The van der Waals surface area contributed by atoms with Crippen LogP contribution in [0.3, 0.4) is 0 Å². The van der Waals surface area contributed by atoms with Crippen molar-refractivity contribution in [1.29, 1.82) is 0 Å². The summed E-state index contributed by atoms with van der Waals surface area (Å²) in [5.41, 5.74) is 0.496. The van der Waals surface area contributed by atoms with Crippen molar-refractivity contribution < 1.29 is 0 Å². The normalized spacial score (nSPS) is 31.0. The summed E-state index contributed by atoms with van der Waals surface area (Å²) >= 11 is 0. The van der Waals surface area contributed by atoms with Crippen molar-refractivity contribution in [2.24, 2.45) is 10.8 Å². The third kappa shape index (κ3) is 3.72. The molecule has 1 rings (SSSR count). The Bertz CT molecular complexity index is 288. The molecule has 0 saturated carbocycles. The van der Waals surface area contributed by atoms with E-state index in [1.807, 2.05) is 0 Å². The molecule has 2 nitrogen and oxygen atoms in total. The second kappa shape index (κ2) is 5.00. The number of hydrogen-bond acceptors (Lipinski definition) is 2. The van der Waals surface area contributed by atoms with Crippen molar-refractivity contribution in [3.8, 4) is 12.3 Å². The van der Waals surface area contributed by atoms with Gasteiger partial charge in [-0.1, -0.05) is 41.5 Å². The summed E-state index contributed by atoms with van der Waals surface area (Å²) in [7, 11) is 0. The summed E-state index contributed by atoms with van der Waals surface area (Å²) in [5, 5.41) is 7.44. The zero-order valence-corrected chi connectivity index (χ0v) is 12.2. The molecule has 0 spiro atoms. The van der Waals surface area contributed by atoms with Crippen LogP contribution in [-0.4, -0.2) is 24.7 Å². The van der Waals surface area contributed by atoms with E-state index in [4.69, 9.17) is 6.42 Å². The molecule has 1 fully saturated rings. The van der Waals surface area contributed by atoms with Crippen LogP contribution >= 0.6 is 0 Å². The first-order valence-corrected chi connectivity index (χ1v) is 6.59. The Labute approximate surface area is 107 Å². The van der Waals surface area contributed by atoms with Crippen molar-refractivity contribution in [2.45, 2.75) is 66.1 Å². The van der Waals surface area contributed by atoms with Gasteiger partial charge in [0.25, 0.3) is 0 Å². The number of nitrogens with one attached hydrogen (secondary N) is 2. The van der Waals surface area contributed by atoms with E-state index in [1.54, 1.807) is 0 Å². The first-order valence-electron chi connectivity index (χ1n) is 6.59. The van der Waals surface area contributed by atoms with E-state index in [1.165, 1.54) is 0 Å². The number of terminal acetylenes is 1. The molecule has 17 heavy (non-hydrogen) atoms. The van der Waals surface area contributed by atoms with Gasteiger partial charge in [0.15, 0.2) is 0 Å². The fraction of sp³-hybridized carbons (Fsp3) is 0.867. The maximum Gasteiger partial charge on any atom is 0.0336 e. The highest BCUT2D eigenvalue weighted by Gasteiger charge is 2.39. The Morgan fingerprint density at radius 1 is 1.12 bits per heavy atom. The highest BCUT2D eigenvalue weighted by Crippen LogP contribution is 2.29. The average molecular weight is 236 g/mol. The molecule has 1 aliphatic rings. The minimum atomic E-state index is 0.221. The van der Waals surface area contributed by atoms with Crippen LogP contribution in [0.25, 0.3) is 0 Å². The van der Waals surface area contributed by atoms with Crippen LogP contribution in [0.4, 0.5) is 0 Å². The van der Waals surface area contributed by atoms with Gasteiger partial charge < -0.3 is 10.6 Å². The molecule has 98 valence electrons. The van der Waals surface area contributed by atoms with Gasteiger partial charge in [-0.05, 0) is 10.8 Å². The van der Waals surface area contributed by atoms with Crippen LogP contribution in [-0.2, 0) is 0 Å². The number of hydrogen-bond donors (Lipinski definition) is 2. The molecular weight excluding hydrogens is 208 g/mol. The predicted octanol–water partition coefficient (Wildman–Crippen LogP) is 2.40. The second-order valence-corrected chi connectivity index (χ2v) is 7.35. The average Bonchev–Trinajstić information content (AvgIpc) is 2.15. The van der Waals surface area contributed by atoms with Gasteiger partial charge in [-0.2, -0.15) is 0 Å². The fourth-order valence-electron chi connectivity index (χ4n) is 2.51. The molecule has 0 aliphatic carbocycles. The third-order valence-electron chi connectivity index (χ3n) is 3.68. The molecule has 2 heteroatoms. The molecule has 0 aromatic carbocycles. The largest absolute Gasteiger partial charge is 0.310 e. The van der Waals surface area contributed by atoms with Crippen LogP contribution in [0.1, 0.15) is 48.0 Å². The maximum absolute atomic E-state index is 5.47. The number of rotatable bonds is 1. The van der Waals surface area contributed by atoms with Gasteiger partial charge in [-0.15, -0.1) is 12.3 Å². The van der Waals surface area contributed by atoms with Gasteiger partial charge in [0.05, 0.1) is 0 Å². The zero-order valence-electron chi connectivity index (χ0n) is 12.2. The molecule has 2 N–H and O–H groups in total. The van der Waals surface area contributed by atoms with Gasteiger partial charge in [0.2, 0.25) is 0 Å². The molecule has 1 aliphatic heterocycles. The van der Waals surface area contributed by atoms with Crippen molar-refractivity contribution in [2.75, 3.05) is 6.54 Å². The summed E-state index contributed by atoms with van der Waals surface area (Å²) < 4.78 is 0. The third-order valence-corrected chi connectivity index (χ3v) is 3.68. The van der Waals surface area contributed by atoms with Crippen molar-refractivity contribution in [3.63, 3.8) is 0 Å². The first-order chi connectivity index (χ1) is 7.66. The van der Waals surface area contributed by atoms with Crippen molar-refractivity contribution in [1.82, 2.24) is 10.6 Å².